The fourth-order valence-electron chi connectivity index (χ4n) is 3.58. The number of carbonyl (C=O) groups is 1. The van der Waals surface area contributed by atoms with Gasteiger partial charge in [-0.05, 0) is 56.8 Å². The molecule has 1 aromatic carbocycles. The Labute approximate surface area is 150 Å². The van der Waals surface area contributed by atoms with Gasteiger partial charge < -0.3 is 10.2 Å². The maximum absolute atomic E-state index is 12.4. The zero-order chi connectivity index (χ0) is 17.7. The Bertz CT molecular complexity index is 664. The molecule has 2 aliphatic rings. The van der Waals surface area contributed by atoms with Gasteiger partial charge >= 0.3 is 0 Å². The third kappa shape index (κ3) is 5.03. The predicted octanol–water partition coefficient (Wildman–Crippen LogP) is 1.35. The van der Waals surface area contributed by atoms with Crippen LogP contribution in [0.2, 0.25) is 0 Å². The molecule has 2 N–H and O–H groups in total. The number of nitrogens with one attached hydrogen (secondary N) is 2. The van der Waals surface area contributed by atoms with E-state index in [0.717, 1.165) is 25.9 Å². The summed E-state index contributed by atoms with van der Waals surface area (Å²) in [4.78, 5) is 14.5. The van der Waals surface area contributed by atoms with Crippen molar-refractivity contribution in [2.24, 2.45) is 5.92 Å². The second-order valence-corrected chi connectivity index (χ2v) is 8.70. The van der Waals surface area contributed by atoms with Crippen molar-refractivity contribution < 1.29 is 13.2 Å². The fourth-order valence-corrected chi connectivity index (χ4v) is 4.91. The minimum Gasteiger partial charge on any atom is -0.343 e. The van der Waals surface area contributed by atoms with E-state index in [0.29, 0.717) is 43.2 Å². The molecule has 7 heteroatoms. The summed E-state index contributed by atoms with van der Waals surface area (Å²) in [5.41, 5.74) is 0. The fraction of sp³-hybridized carbons (Fsp3) is 0.611. The number of hydrogen-bond donors (Lipinski definition) is 2. The standard InChI is InChI=1S/C18H27N3O3S/c22-18(7-6-15-8-11-19-14-15)21-12-9-16(10-13-21)20-25(23,24)17-4-2-1-3-5-17/h1-5,15-16,19-20H,6-14H2. The highest BCUT2D eigenvalue weighted by atomic mass is 32.2. The van der Waals surface area contributed by atoms with E-state index in [1.54, 1.807) is 30.3 Å². The second-order valence-electron chi connectivity index (χ2n) is 6.99. The lowest BCUT2D eigenvalue weighted by Gasteiger charge is -2.32. The van der Waals surface area contributed by atoms with E-state index >= 15 is 0 Å². The quantitative estimate of drug-likeness (QED) is 0.798. The van der Waals surface area contributed by atoms with Crippen molar-refractivity contribution in [2.75, 3.05) is 26.2 Å². The molecule has 138 valence electrons. The van der Waals surface area contributed by atoms with Crippen LogP contribution in [0.5, 0.6) is 0 Å². The zero-order valence-electron chi connectivity index (χ0n) is 14.5. The Hall–Kier alpha value is -1.44. The Morgan fingerprint density at radius 3 is 2.52 bits per heavy atom. The number of amides is 1. The first-order valence-electron chi connectivity index (χ1n) is 9.10. The third-order valence-corrected chi connectivity index (χ3v) is 6.69. The van der Waals surface area contributed by atoms with E-state index in [2.05, 4.69) is 10.0 Å². The maximum atomic E-state index is 12.4. The van der Waals surface area contributed by atoms with E-state index in [4.69, 9.17) is 0 Å². The van der Waals surface area contributed by atoms with Gasteiger partial charge in [0.05, 0.1) is 4.90 Å². The highest BCUT2D eigenvalue weighted by molar-refractivity contribution is 7.89. The van der Waals surface area contributed by atoms with Gasteiger partial charge in [-0.2, -0.15) is 0 Å². The van der Waals surface area contributed by atoms with Gasteiger partial charge in [0, 0.05) is 25.6 Å². The maximum Gasteiger partial charge on any atom is 0.240 e. The van der Waals surface area contributed by atoms with Gasteiger partial charge in [0.2, 0.25) is 15.9 Å². The minimum absolute atomic E-state index is 0.103. The van der Waals surface area contributed by atoms with Crippen LogP contribution in [0.25, 0.3) is 0 Å². The molecule has 2 fully saturated rings. The average Bonchev–Trinajstić information content (AvgIpc) is 3.14. The van der Waals surface area contributed by atoms with Crippen LogP contribution in [0.4, 0.5) is 0 Å². The van der Waals surface area contributed by atoms with Crippen LogP contribution in [0.3, 0.4) is 0 Å². The van der Waals surface area contributed by atoms with Crippen LogP contribution in [-0.4, -0.2) is 51.4 Å². The van der Waals surface area contributed by atoms with Crippen molar-refractivity contribution in [1.82, 2.24) is 14.9 Å². The second kappa shape index (κ2) is 8.29. The molecule has 6 nitrogen and oxygen atoms in total. The number of carbonyl (C=O) groups excluding carboxylic acids is 1. The lowest BCUT2D eigenvalue weighted by molar-refractivity contribution is -0.132. The van der Waals surface area contributed by atoms with Crippen molar-refractivity contribution in [3.8, 4) is 0 Å². The number of likely N-dealkylation sites (tertiary alicyclic amines) is 1. The lowest BCUT2D eigenvalue weighted by Crippen LogP contribution is -2.46. The van der Waals surface area contributed by atoms with Gasteiger partial charge in [0.25, 0.3) is 0 Å². The molecule has 25 heavy (non-hydrogen) atoms. The van der Waals surface area contributed by atoms with Crippen LogP contribution in [0.15, 0.2) is 35.2 Å². The molecule has 1 atom stereocenters. The molecular formula is C18H27N3O3S. The lowest BCUT2D eigenvalue weighted by atomic mass is 10.0. The Kier molecular flexibility index (Phi) is 6.09. The molecule has 0 spiro atoms. The normalized spacial score (nSPS) is 22.2. The summed E-state index contributed by atoms with van der Waals surface area (Å²) < 4.78 is 27.5. The van der Waals surface area contributed by atoms with Crippen LogP contribution in [-0.2, 0) is 14.8 Å². The zero-order valence-corrected chi connectivity index (χ0v) is 15.3. The molecule has 0 aliphatic carbocycles. The summed E-state index contributed by atoms with van der Waals surface area (Å²) in [7, 11) is -3.48. The molecular weight excluding hydrogens is 338 g/mol. The molecule has 0 bridgehead atoms. The third-order valence-electron chi connectivity index (χ3n) is 5.15. The van der Waals surface area contributed by atoms with Gasteiger partial charge in [-0.1, -0.05) is 18.2 Å². The first-order valence-corrected chi connectivity index (χ1v) is 10.6. The SMILES string of the molecule is O=C(CCC1CCNC1)N1CCC(NS(=O)(=O)c2ccccc2)CC1. The number of hydrogen-bond acceptors (Lipinski definition) is 4. The Balaban J connectivity index is 1.44. The first-order chi connectivity index (χ1) is 12.0. The van der Waals surface area contributed by atoms with Crippen molar-refractivity contribution in [2.45, 2.75) is 43.0 Å². The van der Waals surface area contributed by atoms with Crippen molar-refractivity contribution in [3.63, 3.8) is 0 Å². The largest absolute Gasteiger partial charge is 0.343 e. The molecule has 3 rings (SSSR count). The summed E-state index contributed by atoms with van der Waals surface area (Å²) in [5, 5.41) is 3.33. The first kappa shape index (κ1) is 18.4. The Morgan fingerprint density at radius 1 is 1.16 bits per heavy atom. The smallest absolute Gasteiger partial charge is 0.240 e. The predicted molar refractivity (Wildman–Crippen MR) is 96.6 cm³/mol. The molecule has 1 aromatic rings. The van der Waals surface area contributed by atoms with E-state index < -0.39 is 10.0 Å². The van der Waals surface area contributed by atoms with Crippen molar-refractivity contribution in [1.29, 1.82) is 0 Å². The van der Waals surface area contributed by atoms with Gasteiger partial charge in [-0.25, -0.2) is 13.1 Å². The topological polar surface area (TPSA) is 78.5 Å². The molecule has 2 saturated heterocycles. The molecule has 1 unspecified atom stereocenters. The van der Waals surface area contributed by atoms with Gasteiger partial charge in [0.15, 0.2) is 0 Å². The van der Waals surface area contributed by atoms with E-state index in [1.807, 2.05) is 4.90 Å². The highest BCUT2D eigenvalue weighted by Gasteiger charge is 2.27. The monoisotopic (exact) mass is 365 g/mol. The number of piperidine rings is 1. The number of sulfonamides is 1. The molecule has 2 aliphatic heterocycles. The minimum atomic E-state index is -3.48. The molecule has 0 aromatic heterocycles. The Morgan fingerprint density at radius 2 is 1.88 bits per heavy atom. The summed E-state index contributed by atoms with van der Waals surface area (Å²) in [6.07, 6.45) is 4.06. The van der Waals surface area contributed by atoms with E-state index in [-0.39, 0.29) is 11.9 Å². The molecule has 1 amide bonds. The van der Waals surface area contributed by atoms with Gasteiger partial charge in [0.1, 0.15) is 0 Å². The van der Waals surface area contributed by atoms with Crippen molar-refractivity contribution >= 4 is 15.9 Å². The average molecular weight is 365 g/mol. The van der Waals surface area contributed by atoms with E-state index in [1.165, 1.54) is 0 Å². The number of benzene rings is 1. The number of rotatable bonds is 6. The van der Waals surface area contributed by atoms with Crippen LogP contribution in [0, 0.1) is 5.92 Å². The van der Waals surface area contributed by atoms with Crippen LogP contribution >= 0.6 is 0 Å². The number of nitrogens with zero attached hydrogens (tertiary/aromatic N) is 1. The van der Waals surface area contributed by atoms with Gasteiger partial charge in [-0.3, -0.25) is 4.79 Å². The summed E-state index contributed by atoms with van der Waals surface area (Å²) in [6.45, 7) is 3.34. The van der Waals surface area contributed by atoms with Crippen molar-refractivity contribution in [3.05, 3.63) is 30.3 Å². The van der Waals surface area contributed by atoms with Gasteiger partial charge in [-0.15, -0.1) is 0 Å². The van der Waals surface area contributed by atoms with Crippen LogP contribution < -0.4 is 10.0 Å². The molecule has 2 heterocycles. The highest BCUT2D eigenvalue weighted by Crippen LogP contribution is 2.18. The molecule has 0 saturated carbocycles. The molecule has 0 radical (unpaired) electrons. The summed E-state index contributed by atoms with van der Waals surface area (Å²) >= 11 is 0. The summed E-state index contributed by atoms with van der Waals surface area (Å²) in [6, 6.07) is 8.32. The van der Waals surface area contributed by atoms with Crippen LogP contribution in [0.1, 0.15) is 32.1 Å². The summed E-state index contributed by atoms with van der Waals surface area (Å²) in [5.74, 6) is 0.829. The van der Waals surface area contributed by atoms with E-state index in [9.17, 15) is 13.2 Å².